The van der Waals surface area contributed by atoms with Crippen LogP contribution in [0.2, 0.25) is 5.02 Å². The SMILES string of the molecule is COc1cc(C(=O)Nc2sc3c(c2C#N)CCC3)ccc1OCc1ccc(Cl)cc1. The second-order valence-electron chi connectivity index (χ2n) is 6.91. The van der Waals surface area contributed by atoms with E-state index in [0.717, 1.165) is 30.4 Å². The zero-order chi connectivity index (χ0) is 21.1. The van der Waals surface area contributed by atoms with Gasteiger partial charge >= 0.3 is 0 Å². The van der Waals surface area contributed by atoms with E-state index >= 15 is 0 Å². The van der Waals surface area contributed by atoms with Crippen LogP contribution in [-0.4, -0.2) is 13.0 Å². The van der Waals surface area contributed by atoms with Crippen molar-refractivity contribution in [2.45, 2.75) is 25.9 Å². The van der Waals surface area contributed by atoms with E-state index in [-0.39, 0.29) is 5.91 Å². The number of fused-ring (bicyclic) bond motifs is 1. The lowest BCUT2D eigenvalue weighted by molar-refractivity contribution is 0.102. The molecular weight excluding hydrogens is 420 g/mol. The third-order valence-corrected chi connectivity index (χ3v) is 6.45. The highest BCUT2D eigenvalue weighted by Gasteiger charge is 2.23. The summed E-state index contributed by atoms with van der Waals surface area (Å²) in [6, 6.07) is 14.7. The molecule has 5 nitrogen and oxygen atoms in total. The summed E-state index contributed by atoms with van der Waals surface area (Å²) in [5.74, 6) is 0.719. The largest absolute Gasteiger partial charge is 0.493 e. The summed E-state index contributed by atoms with van der Waals surface area (Å²) in [6.45, 7) is 0.353. The molecule has 7 heteroatoms. The van der Waals surface area contributed by atoms with Crippen molar-refractivity contribution in [3.8, 4) is 17.6 Å². The van der Waals surface area contributed by atoms with Crippen LogP contribution in [0, 0.1) is 11.3 Å². The minimum Gasteiger partial charge on any atom is -0.493 e. The summed E-state index contributed by atoms with van der Waals surface area (Å²) in [7, 11) is 1.53. The smallest absolute Gasteiger partial charge is 0.256 e. The maximum atomic E-state index is 12.8. The van der Waals surface area contributed by atoms with Gasteiger partial charge in [-0.15, -0.1) is 11.3 Å². The lowest BCUT2D eigenvalue weighted by Gasteiger charge is -2.12. The second-order valence-corrected chi connectivity index (χ2v) is 8.45. The van der Waals surface area contributed by atoms with Crippen LogP contribution in [0.25, 0.3) is 0 Å². The highest BCUT2D eigenvalue weighted by atomic mass is 35.5. The molecule has 1 heterocycles. The molecule has 4 rings (SSSR count). The Balaban J connectivity index is 1.49. The third-order valence-electron chi connectivity index (χ3n) is 4.99. The summed E-state index contributed by atoms with van der Waals surface area (Å²) >= 11 is 7.40. The number of thiophene rings is 1. The Kier molecular flexibility index (Phi) is 5.93. The van der Waals surface area contributed by atoms with E-state index in [4.69, 9.17) is 21.1 Å². The molecule has 0 atom stereocenters. The molecule has 0 spiro atoms. The molecule has 1 amide bonds. The van der Waals surface area contributed by atoms with E-state index < -0.39 is 0 Å². The molecule has 0 aliphatic heterocycles. The Hall–Kier alpha value is -3.01. The molecule has 30 heavy (non-hydrogen) atoms. The van der Waals surface area contributed by atoms with Gasteiger partial charge in [-0.3, -0.25) is 4.79 Å². The molecule has 0 saturated heterocycles. The third kappa shape index (κ3) is 4.13. The number of methoxy groups -OCH3 is 1. The molecule has 0 saturated carbocycles. The molecule has 0 radical (unpaired) electrons. The van der Waals surface area contributed by atoms with E-state index in [1.54, 1.807) is 30.3 Å². The highest BCUT2D eigenvalue weighted by Crippen LogP contribution is 2.39. The van der Waals surface area contributed by atoms with Crippen LogP contribution in [0.5, 0.6) is 11.5 Å². The fourth-order valence-corrected chi connectivity index (χ4v) is 4.82. The Labute approximate surface area is 183 Å². The second kappa shape index (κ2) is 8.78. The van der Waals surface area contributed by atoms with Crippen LogP contribution in [0.15, 0.2) is 42.5 Å². The Morgan fingerprint density at radius 1 is 1.20 bits per heavy atom. The number of halogens is 1. The number of nitrogens with one attached hydrogen (secondary N) is 1. The van der Waals surface area contributed by atoms with Gasteiger partial charge in [0.15, 0.2) is 11.5 Å². The minimum absolute atomic E-state index is 0.283. The molecule has 1 aliphatic carbocycles. The first-order valence-electron chi connectivity index (χ1n) is 9.50. The van der Waals surface area contributed by atoms with Crippen molar-refractivity contribution in [2.24, 2.45) is 0 Å². The number of nitrogens with zero attached hydrogens (tertiary/aromatic N) is 1. The first-order chi connectivity index (χ1) is 14.6. The fourth-order valence-electron chi connectivity index (χ4n) is 3.46. The van der Waals surface area contributed by atoms with Crippen LogP contribution < -0.4 is 14.8 Å². The van der Waals surface area contributed by atoms with Gasteiger partial charge < -0.3 is 14.8 Å². The van der Waals surface area contributed by atoms with Gasteiger partial charge in [0.2, 0.25) is 0 Å². The number of rotatable bonds is 6. The van der Waals surface area contributed by atoms with Crippen molar-refractivity contribution >= 4 is 33.8 Å². The lowest BCUT2D eigenvalue weighted by atomic mass is 10.1. The van der Waals surface area contributed by atoms with E-state index in [2.05, 4.69) is 11.4 Å². The fraction of sp³-hybridized carbons (Fsp3) is 0.217. The zero-order valence-corrected chi connectivity index (χ0v) is 17.9. The molecule has 2 aromatic carbocycles. The van der Waals surface area contributed by atoms with Crippen LogP contribution in [0.3, 0.4) is 0 Å². The number of carbonyl (C=O) groups excluding carboxylic acids is 1. The highest BCUT2D eigenvalue weighted by molar-refractivity contribution is 7.16. The van der Waals surface area contributed by atoms with Crippen molar-refractivity contribution < 1.29 is 14.3 Å². The number of benzene rings is 2. The summed E-state index contributed by atoms with van der Waals surface area (Å²) in [4.78, 5) is 14.0. The maximum absolute atomic E-state index is 12.8. The van der Waals surface area contributed by atoms with E-state index in [0.29, 0.717) is 39.3 Å². The standard InChI is InChI=1S/C23H19ClN2O3S/c1-28-20-11-15(7-10-19(20)29-13-14-5-8-16(24)9-6-14)22(27)26-23-18(12-25)17-3-2-4-21(17)30-23/h5-11H,2-4,13H2,1H3,(H,26,27). The van der Waals surface area contributed by atoms with Gasteiger partial charge in [0.1, 0.15) is 17.7 Å². The first-order valence-corrected chi connectivity index (χ1v) is 10.7. The monoisotopic (exact) mass is 438 g/mol. The predicted octanol–water partition coefficient (Wildman–Crippen LogP) is 5.60. The number of ether oxygens (including phenoxy) is 2. The number of anilines is 1. The average Bonchev–Trinajstić information content (AvgIpc) is 3.34. The molecule has 0 fully saturated rings. The Morgan fingerprint density at radius 2 is 2.00 bits per heavy atom. The van der Waals surface area contributed by atoms with E-state index in [1.165, 1.54) is 23.3 Å². The minimum atomic E-state index is -0.283. The first kappa shape index (κ1) is 20.3. The van der Waals surface area contributed by atoms with Gasteiger partial charge in [0, 0.05) is 15.5 Å². The number of hydrogen-bond acceptors (Lipinski definition) is 5. The lowest BCUT2D eigenvalue weighted by Crippen LogP contribution is -2.12. The number of carbonyl (C=O) groups is 1. The van der Waals surface area contributed by atoms with Gasteiger partial charge in [-0.05, 0) is 60.7 Å². The number of aryl methyl sites for hydroxylation is 1. The zero-order valence-electron chi connectivity index (χ0n) is 16.3. The Bertz CT molecular complexity index is 1130. The molecule has 1 N–H and O–H groups in total. The molecule has 1 aromatic heterocycles. The van der Waals surface area contributed by atoms with Gasteiger partial charge in [-0.25, -0.2) is 0 Å². The summed E-state index contributed by atoms with van der Waals surface area (Å²) in [5, 5.41) is 13.7. The van der Waals surface area contributed by atoms with Gasteiger partial charge in [-0.1, -0.05) is 23.7 Å². The van der Waals surface area contributed by atoms with Crippen molar-refractivity contribution in [3.05, 3.63) is 74.6 Å². The summed E-state index contributed by atoms with van der Waals surface area (Å²) in [5.41, 5.74) is 3.08. The molecule has 3 aromatic rings. The average molecular weight is 439 g/mol. The number of amides is 1. The summed E-state index contributed by atoms with van der Waals surface area (Å²) < 4.78 is 11.3. The van der Waals surface area contributed by atoms with Gasteiger partial charge in [0.25, 0.3) is 5.91 Å². The van der Waals surface area contributed by atoms with Crippen molar-refractivity contribution in [3.63, 3.8) is 0 Å². The normalized spacial score (nSPS) is 12.2. The van der Waals surface area contributed by atoms with Crippen molar-refractivity contribution in [1.82, 2.24) is 0 Å². The summed E-state index contributed by atoms with van der Waals surface area (Å²) in [6.07, 6.45) is 2.94. The molecule has 1 aliphatic rings. The van der Waals surface area contributed by atoms with Crippen LogP contribution in [0.1, 0.15) is 38.3 Å². The molecule has 0 unspecified atom stereocenters. The number of nitriles is 1. The van der Waals surface area contributed by atoms with Crippen LogP contribution in [-0.2, 0) is 19.4 Å². The number of hydrogen-bond donors (Lipinski definition) is 1. The van der Waals surface area contributed by atoms with Gasteiger partial charge in [0.05, 0.1) is 12.7 Å². The Morgan fingerprint density at radius 3 is 2.73 bits per heavy atom. The van der Waals surface area contributed by atoms with Crippen LogP contribution >= 0.6 is 22.9 Å². The van der Waals surface area contributed by atoms with Gasteiger partial charge in [-0.2, -0.15) is 5.26 Å². The van der Waals surface area contributed by atoms with Crippen LogP contribution in [0.4, 0.5) is 5.00 Å². The van der Waals surface area contributed by atoms with E-state index in [1.807, 2.05) is 12.1 Å². The topological polar surface area (TPSA) is 71.3 Å². The molecule has 0 bridgehead atoms. The van der Waals surface area contributed by atoms with Crippen molar-refractivity contribution in [1.29, 1.82) is 5.26 Å². The molecule has 152 valence electrons. The van der Waals surface area contributed by atoms with E-state index in [9.17, 15) is 10.1 Å². The quantitative estimate of drug-likeness (QED) is 0.543. The maximum Gasteiger partial charge on any atom is 0.256 e. The van der Waals surface area contributed by atoms with Crippen molar-refractivity contribution in [2.75, 3.05) is 12.4 Å². The molecular formula is C23H19ClN2O3S. The predicted molar refractivity (Wildman–Crippen MR) is 118 cm³/mol.